The van der Waals surface area contributed by atoms with Gasteiger partial charge in [0.2, 0.25) is 5.88 Å². The molecule has 2 fully saturated rings. The third-order valence-electron chi connectivity index (χ3n) is 6.75. The number of nitrogen functional groups attached to an aromatic ring is 1. The highest BCUT2D eigenvalue weighted by atomic mass is 19.1. The van der Waals surface area contributed by atoms with Crippen molar-refractivity contribution in [2.45, 2.75) is 19.1 Å². The number of benzene rings is 1. The molecule has 2 saturated heterocycles. The van der Waals surface area contributed by atoms with Gasteiger partial charge in [-0.25, -0.2) is 19.2 Å². The maximum absolute atomic E-state index is 15.3. The van der Waals surface area contributed by atoms with Gasteiger partial charge in [0.1, 0.15) is 24.2 Å². The van der Waals surface area contributed by atoms with Gasteiger partial charge in [-0.3, -0.25) is 5.32 Å². The van der Waals surface area contributed by atoms with Crippen LogP contribution in [0.4, 0.5) is 26.4 Å². The largest absolute Gasteiger partial charge is 0.474 e. The number of hydrogen-bond acceptors (Lipinski definition) is 9. The van der Waals surface area contributed by atoms with Crippen molar-refractivity contribution < 1.29 is 28.1 Å². The number of carbonyl (C=O) groups excluding carboxylic acids is 1. The average molecular weight is 481 g/mol. The lowest BCUT2D eigenvalue weighted by Gasteiger charge is -2.22. The van der Waals surface area contributed by atoms with Crippen molar-refractivity contribution in [2.24, 2.45) is 5.92 Å². The number of amides is 1. The van der Waals surface area contributed by atoms with Gasteiger partial charge in [-0.05, 0) is 30.0 Å². The van der Waals surface area contributed by atoms with Crippen LogP contribution in [0.2, 0.25) is 0 Å². The lowest BCUT2D eigenvalue weighted by molar-refractivity contribution is 0.0357. The number of carbonyl (C=O) groups is 1. The maximum Gasteiger partial charge on any atom is 0.413 e. The molecular weight excluding hydrogens is 457 g/mol. The van der Waals surface area contributed by atoms with Gasteiger partial charge in [-0.15, -0.1) is 0 Å². The second-order valence-corrected chi connectivity index (χ2v) is 8.84. The van der Waals surface area contributed by atoms with E-state index in [4.69, 9.17) is 24.7 Å². The van der Waals surface area contributed by atoms with Crippen LogP contribution in [0.15, 0.2) is 24.5 Å². The predicted octanol–water partition coefficient (Wildman–Crippen LogP) is 3.09. The maximum atomic E-state index is 15.3. The Morgan fingerprint density at radius 3 is 3.00 bits per heavy atom. The van der Waals surface area contributed by atoms with E-state index >= 15 is 4.39 Å². The summed E-state index contributed by atoms with van der Waals surface area (Å²) in [5, 5.41) is 6.95. The molecule has 2 aromatic heterocycles. The van der Waals surface area contributed by atoms with Gasteiger partial charge in [-0.1, -0.05) is 0 Å². The molecule has 3 aromatic rings. The van der Waals surface area contributed by atoms with E-state index in [1.807, 2.05) is 6.92 Å². The Hall–Kier alpha value is -3.70. The van der Waals surface area contributed by atoms with Crippen molar-refractivity contribution in [3.63, 3.8) is 0 Å². The molecule has 1 amide bonds. The molecule has 3 aliphatic heterocycles. The Labute approximate surface area is 199 Å². The van der Waals surface area contributed by atoms with Crippen molar-refractivity contribution in [1.82, 2.24) is 9.97 Å². The van der Waals surface area contributed by atoms with Crippen molar-refractivity contribution in [3.8, 4) is 17.0 Å². The van der Waals surface area contributed by atoms with E-state index in [1.54, 1.807) is 18.3 Å². The van der Waals surface area contributed by atoms with E-state index < -0.39 is 11.9 Å². The third kappa shape index (κ3) is 3.76. The first kappa shape index (κ1) is 21.8. The third-order valence-corrected chi connectivity index (χ3v) is 6.75. The van der Waals surface area contributed by atoms with E-state index in [1.165, 1.54) is 6.20 Å². The van der Waals surface area contributed by atoms with E-state index in [0.29, 0.717) is 60.8 Å². The van der Waals surface area contributed by atoms with Crippen LogP contribution in [0.25, 0.3) is 21.9 Å². The Morgan fingerprint density at radius 1 is 1.23 bits per heavy atom. The fourth-order valence-corrected chi connectivity index (χ4v) is 4.86. The van der Waals surface area contributed by atoms with Gasteiger partial charge < -0.3 is 30.0 Å². The number of anilines is 3. The number of aromatic nitrogens is 2. The molecule has 0 saturated carbocycles. The summed E-state index contributed by atoms with van der Waals surface area (Å²) in [7, 11) is 0. The zero-order valence-corrected chi connectivity index (χ0v) is 19.0. The molecule has 0 bridgehead atoms. The van der Waals surface area contributed by atoms with Crippen molar-refractivity contribution in [1.29, 1.82) is 0 Å². The standard InChI is InChI=1S/C24H24FN5O5/c1-11-14(6-29-23-22(11)27-2-3-33-23)13-4-12-5-19(28-7-15(12)21(26)20(13)25)30-24(31)35-18-10-34-17-9-32-8-16(17)18/h4-7,16-18,27H,2-3,8-10,26H2,1H3,(H,28,30,31)/t16-,17+,18+/m1/s1. The van der Waals surface area contributed by atoms with Gasteiger partial charge in [0, 0.05) is 35.5 Å². The van der Waals surface area contributed by atoms with E-state index in [-0.39, 0.29) is 29.6 Å². The molecule has 11 heteroatoms. The second kappa shape index (κ2) is 8.51. The van der Waals surface area contributed by atoms with Crippen LogP contribution in [0.5, 0.6) is 5.88 Å². The Bertz CT molecular complexity index is 1340. The minimum atomic E-state index is -0.644. The first-order valence-corrected chi connectivity index (χ1v) is 11.4. The number of nitrogens with zero attached hydrogens (tertiary/aromatic N) is 2. The number of hydrogen-bond donors (Lipinski definition) is 3. The van der Waals surface area contributed by atoms with Crippen molar-refractivity contribution in [2.75, 3.05) is 49.3 Å². The molecule has 6 rings (SSSR count). The Morgan fingerprint density at radius 2 is 2.11 bits per heavy atom. The lowest BCUT2D eigenvalue weighted by Crippen LogP contribution is -2.30. The molecule has 0 spiro atoms. The smallest absolute Gasteiger partial charge is 0.413 e. The van der Waals surface area contributed by atoms with Gasteiger partial charge in [-0.2, -0.15) is 0 Å². The molecule has 3 atom stereocenters. The summed E-state index contributed by atoms with van der Waals surface area (Å²) in [5.74, 6) is 0.219. The lowest BCUT2D eigenvalue weighted by atomic mass is 9.97. The van der Waals surface area contributed by atoms with E-state index in [2.05, 4.69) is 20.6 Å². The van der Waals surface area contributed by atoms with E-state index in [9.17, 15) is 4.79 Å². The quantitative estimate of drug-likeness (QED) is 0.483. The monoisotopic (exact) mass is 481 g/mol. The fourth-order valence-electron chi connectivity index (χ4n) is 4.86. The number of halogens is 1. The van der Waals surface area contributed by atoms with Crippen LogP contribution in [0.3, 0.4) is 0 Å². The summed E-state index contributed by atoms with van der Waals surface area (Å²) in [4.78, 5) is 21.1. The molecule has 4 N–H and O–H groups in total. The van der Waals surface area contributed by atoms with Crippen LogP contribution in [-0.4, -0.2) is 61.2 Å². The number of ether oxygens (including phenoxy) is 4. The molecule has 3 aliphatic rings. The number of nitrogens with one attached hydrogen (secondary N) is 2. The molecular formula is C24H24FN5O5. The highest BCUT2D eigenvalue weighted by molar-refractivity contribution is 5.99. The summed E-state index contributed by atoms with van der Waals surface area (Å²) >= 11 is 0. The molecule has 0 radical (unpaired) electrons. The molecule has 35 heavy (non-hydrogen) atoms. The van der Waals surface area contributed by atoms with E-state index in [0.717, 1.165) is 11.3 Å². The molecule has 1 aromatic carbocycles. The summed E-state index contributed by atoms with van der Waals surface area (Å²) in [5.41, 5.74) is 8.53. The average Bonchev–Trinajstić information content (AvgIpc) is 3.47. The number of rotatable bonds is 3. The first-order chi connectivity index (χ1) is 17.0. The summed E-state index contributed by atoms with van der Waals surface area (Å²) < 4.78 is 37.4. The van der Waals surface area contributed by atoms with Gasteiger partial charge in [0.25, 0.3) is 0 Å². The molecule has 0 aliphatic carbocycles. The molecule has 182 valence electrons. The van der Waals surface area contributed by atoms with Crippen LogP contribution < -0.4 is 21.1 Å². The van der Waals surface area contributed by atoms with Crippen LogP contribution in [0.1, 0.15) is 5.56 Å². The zero-order valence-electron chi connectivity index (χ0n) is 19.0. The summed E-state index contributed by atoms with van der Waals surface area (Å²) in [6.45, 7) is 4.39. The second-order valence-electron chi connectivity index (χ2n) is 8.84. The highest BCUT2D eigenvalue weighted by Gasteiger charge is 2.43. The van der Waals surface area contributed by atoms with Crippen LogP contribution >= 0.6 is 0 Å². The number of nitrogens with two attached hydrogens (primary N) is 1. The van der Waals surface area contributed by atoms with Crippen molar-refractivity contribution >= 4 is 34.1 Å². The SMILES string of the molecule is Cc1c(-c2cc3cc(NC(=O)O[C@H]4CO[C@H]5COC[C@H]54)ncc3c(N)c2F)cnc2c1NCCO2. The zero-order chi connectivity index (χ0) is 24.1. The van der Waals surface area contributed by atoms with Gasteiger partial charge >= 0.3 is 6.09 Å². The number of pyridine rings is 2. The summed E-state index contributed by atoms with van der Waals surface area (Å²) in [6, 6.07) is 3.30. The minimum Gasteiger partial charge on any atom is -0.474 e. The first-order valence-electron chi connectivity index (χ1n) is 11.4. The topological polar surface area (TPSA) is 130 Å². The molecule has 0 unspecified atom stereocenters. The minimum absolute atomic E-state index is 0.0315. The summed E-state index contributed by atoms with van der Waals surface area (Å²) in [6.07, 6.45) is 1.95. The predicted molar refractivity (Wildman–Crippen MR) is 126 cm³/mol. The van der Waals surface area contributed by atoms with Gasteiger partial charge in [0.05, 0.1) is 37.5 Å². The van der Waals surface area contributed by atoms with Crippen LogP contribution in [0, 0.1) is 18.7 Å². The van der Waals surface area contributed by atoms with Crippen molar-refractivity contribution in [3.05, 3.63) is 35.9 Å². The van der Waals surface area contributed by atoms with Crippen LogP contribution in [-0.2, 0) is 14.2 Å². The van der Waals surface area contributed by atoms with Gasteiger partial charge in [0.15, 0.2) is 5.82 Å². The Kier molecular flexibility index (Phi) is 5.30. The number of fused-ring (bicyclic) bond motifs is 3. The molecule has 10 nitrogen and oxygen atoms in total. The fraction of sp³-hybridized carbons (Fsp3) is 0.375. The normalized spacial score (nSPS) is 22.7. The molecule has 5 heterocycles. The highest BCUT2D eigenvalue weighted by Crippen LogP contribution is 2.39. The Balaban J connectivity index is 1.29.